The number of piperidine rings is 1. The van der Waals surface area contributed by atoms with Gasteiger partial charge in [-0.25, -0.2) is 0 Å². The zero-order valence-corrected chi connectivity index (χ0v) is 15.6. The van der Waals surface area contributed by atoms with E-state index in [0.717, 1.165) is 24.2 Å². The number of phenolic OH excluding ortho intramolecular Hbond substituents is 1. The molecule has 1 aromatic carbocycles. The number of aromatic hydroxyl groups is 1. The molecule has 1 N–H and O–H groups in total. The van der Waals surface area contributed by atoms with Crippen molar-refractivity contribution in [1.82, 2.24) is 5.01 Å². The molecule has 1 aromatic rings. The van der Waals surface area contributed by atoms with Gasteiger partial charge in [-0.3, -0.25) is 5.01 Å². The number of benzene rings is 1. The lowest BCUT2D eigenvalue weighted by molar-refractivity contribution is 0.240. The number of phenols is 1. The second-order valence-electron chi connectivity index (χ2n) is 8.72. The molecule has 0 spiro atoms. The van der Waals surface area contributed by atoms with Crippen LogP contribution in [0.15, 0.2) is 17.2 Å². The van der Waals surface area contributed by atoms with Gasteiger partial charge in [-0.05, 0) is 41.7 Å². The summed E-state index contributed by atoms with van der Waals surface area (Å²) < 4.78 is 0. The number of rotatable bonds is 2. The van der Waals surface area contributed by atoms with Crippen LogP contribution in [0.2, 0.25) is 0 Å². The maximum atomic E-state index is 10.7. The van der Waals surface area contributed by atoms with Crippen LogP contribution in [0.1, 0.15) is 77.5 Å². The molecule has 0 unspecified atom stereocenters. The number of hydrazone groups is 1. The van der Waals surface area contributed by atoms with Gasteiger partial charge in [0.25, 0.3) is 0 Å². The molecule has 3 heteroatoms. The molecule has 1 aliphatic heterocycles. The van der Waals surface area contributed by atoms with Crippen LogP contribution in [0.5, 0.6) is 5.75 Å². The van der Waals surface area contributed by atoms with E-state index >= 15 is 0 Å². The summed E-state index contributed by atoms with van der Waals surface area (Å²) in [6.45, 7) is 15.1. The molecule has 0 aliphatic carbocycles. The summed E-state index contributed by atoms with van der Waals surface area (Å²) in [7, 11) is 0. The third kappa shape index (κ3) is 4.49. The van der Waals surface area contributed by atoms with Gasteiger partial charge in [-0.1, -0.05) is 47.6 Å². The fourth-order valence-corrected chi connectivity index (χ4v) is 2.90. The Labute approximate surface area is 141 Å². The first kappa shape index (κ1) is 17.8. The van der Waals surface area contributed by atoms with Crippen molar-refractivity contribution < 1.29 is 5.11 Å². The highest BCUT2D eigenvalue weighted by atomic mass is 16.3. The van der Waals surface area contributed by atoms with Gasteiger partial charge in [0.1, 0.15) is 5.75 Å². The molecule has 0 aromatic heterocycles. The molecule has 0 saturated carbocycles. The molecule has 0 atom stereocenters. The van der Waals surface area contributed by atoms with Crippen LogP contribution in [0, 0.1) is 0 Å². The van der Waals surface area contributed by atoms with Crippen LogP contribution >= 0.6 is 0 Å². The number of hydrogen-bond donors (Lipinski definition) is 1. The highest BCUT2D eigenvalue weighted by molar-refractivity contribution is 5.84. The highest BCUT2D eigenvalue weighted by Gasteiger charge is 2.24. The van der Waals surface area contributed by atoms with Crippen molar-refractivity contribution in [3.8, 4) is 5.75 Å². The van der Waals surface area contributed by atoms with Gasteiger partial charge >= 0.3 is 0 Å². The average Bonchev–Trinajstić information content (AvgIpc) is 2.44. The fraction of sp³-hybridized carbons (Fsp3) is 0.650. The first-order chi connectivity index (χ1) is 10.6. The normalized spacial score (nSPS) is 17.0. The van der Waals surface area contributed by atoms with Crippen LogP contribution in [-0.2, 0) is 10.8 Å². The topological polar surface area (TPSA) is 35.8 Å². The van der Waals surface area contributed by atoms with E-state index in [1.807, 2.05) is 6.21 Å². The molecule has 3 nitrogen and oxygen atoms in total. The van der Waals surface area contributed by atoms with Crippen molar-refractivity contribution in [1.29, 1.82) is 0 Å². The summed E-state index contributed by atoms with van der Waals surface area (Å²) >= 11 is 0. The van der Waals surface area contributed by atoms with Crippen molar-refractivity contribution in [2.75, 3.05) is 13.1 Å². The molecule has 128 valence electrons. The molecule has 0 amide bonds. The molecule has 1 saturated heterocycles. The lowest BCUT2D eigenvalue weighted by Gasteiger charge is -2.27. The molecule has 2 rings (SSSR count). The largest absolute Gasteiger partial charge is 0.507 e. The van der Waals surface area contributed by atoms with Crippen molar-refractivity contribution in [3.63, 3.8) is 0 Å². The van der Waals surface area contributed by atoms with Gasteiger partial charge in [0, 0.05) is 24.2 Å². The zero-order chi connectivity index (χ0) is 17.3. The van der Waals surface area contributed by atoms with Crippen molar-refractivity contribution in [3.05, 3.63) is 28.8 Å². The van der Waals surface area contributed by atoms with E-state index in [4.69, 9.17) is 0 Å². The minimum absolute atomic E-state index is 0.0431. The van der Waals surface area contributed by atoms with Crippen LogP contribution in [0.4, 0.5) is 0 Å². The van der Waals surface area contributed by atoms with Gasteiger partial charge in [-0.2, -0.15) is 5.10 Å². The molecular formula is C20H32N2O. The highest BCUT2D eigenvalue weighted by Crippen LogP contribution is 2.37. The lowest BCUT2D eigenvalue weighted by Crippen LogP contribution is -2.24. The minimum atomic E-state index is -0.0982. The summed E-state index contributed by atoms with van der Waals surface area (Å²) in [5.41, 5.74) is 3.00. The summed E-state index contributed by atoms with van der Waals surface area (Å²) in [5, 5.41) is 17.5. The monoisotopic (exact) mass is 316 g/mol. The van der Waals surface area contributed by atoms with E-state index in [2.05, 4.69) is 63.8 Å². The van der Waals surface area contributed by atoms with E-state index in [9.17, 15) is 5.11 Å². The molecular weight excluding hydrogens is 284 g/mol. The van der Waals surface area contributed by atoms with E-state index in [1.165, 1.54) is 24.8 Å². The quantitative estimate of drug-likeness (QED) is 0.795. The second kappa shape index (κ2) is 6.54. The lowest BCUT2D eigenvalue weighted by atomic mass is 9.79. The summed E-state index contributed by atoms with van der Waals surface area (Å²) in [5.74, 6) is 0.367. The zero-order valence-electron chi connectivity index (χ0n) is 15.6. The number of nitrogens with zero attached hydrogens (tertiary/aromatic N) is 2. The van der Waals surface area contributed by atoms with Gasteiger partial charge in [0.15, 0.2) is 0 Å². The van der Waals surface area contributed by atoms with E-state index in [1.54, 1.807) is 0 Å². The number of hydrogen-bond acceptors (Lipinski definition) is 3. The minimum Gasteiger partial charge on any atom is -0.507 e. The Morgan fingerprint density at radius 1 is 0.957 bits per heavy atom. The second-order valence-corrected chi connectivity index (χ2v) is 8.72. The molecule has 0 radical (unpaired) electrons. The van der Waals surface area contributed by atoms with Gasteiger partial charge in [0.05, 0.1) is 6.21 Å². The molecule has 23 heavy (non-hydrogen) atoms. The third-order valence-electron chi connectivity index (χ3n) is 4.51. The SMILES string of the molecule is CC(C)(C)c1cc(C=NN2CCCCC2)c(O)c(C(C)(C)C)c1. The third-order valence-corrected chi connectivity index (χ3v) is 4.51. The smallest absolute Gasteiger partial charge is 0.128 e. The maximum absolute atomic E-state index is 10.7. The predicted octanol–water partition coefficient (Wildman–Crippen LogP) is 4.81. The first-order valence-corrected chi connectivity index (χ1v) is 8.76. The Balaban J connectivity index is 2.42. The Morgan fingerprint density at radius 3 is 2.09 bits per heavy atom. The first-order valence-electron chi connectivity index (χ1n) is 8.76. The fourth-order valence-electron chi connectivity index (χ4n) is 2.90. The van der Waals surface area contributed by atoms with Crippen molar-refractivity contribution in [2.24, 2.45) is 5.10 Å². The maximum Gasteiger partial charge on any atom is 0.128 e. The van der Waals surface area contributed by atoms with E-state index in [0.29, 0.717) is 5.75 Å². The molecule has 1 fully saturated rings. The average molecular weight is 316 g/mol. The molecule has 1 heterocycles. The van der Waals surface area contributed by atoms with Gasteiger partial charge in [-0.15, -0.1) is 0 Å². The van der Waals surface area contributed by atoms with Crippen molar-refractivity contribution in [2.45, 2.75) is 71.6 Å². The summed E-state index contributed by atoms with van der Waals surface area (Å²) in [4.78, 5) is 0. The molecule has 1 aliphatic rings. The van der Waals surface area contributed by atoms with E-state index < -0.39 is 0 Å². The van der Waals surface area contributed by atoms with Gasteiger partial charge < -0.3 is 5.11 Å². The Bertz CT molecular complexity index is 571. The van der Waals surface area contributed by atoms with Crippen molar-refractivity contribution >= 4 is 6.21 Å². The van der Waals surface area contributed by atoms with Crippen LogP contribution in [0.25, 0.3) is 0 Å². The Kier molecular flexibility index (Phi) is 5.07. The van der Waals surface area contributed by atoms with Crippen LogP contribution < -0.4 is 0 Å². The summed E-state index contributed by atoms with van der Waals surface area (Å²) in [6, 6.07) is 4.23. The van der Waals surface area contributed by atoms with E-state index in [-0.39, 0.29) is 10.8 Å². The van der Waals surface area contributed by atoms with Crippen LogP contribution in [-0.4, -0.2) is 29.4 Å². The Morgan fingerprint density at radius 2 is 1.57 bits per heavy atom. The van der Waals surface area contributed by atoms with Gasteiger partial charge in [0.2, 0.25) is 0 Å². The predicted molar refractivity (Wildman–Crippen MR) is 98.5 cm³/mol. The summed E-state index contributed by atoms with van der Waals surface area (Å²) in [6.07, 6.45) is 5.55. The molecule has 0 bridgehead atoms. The Hall–Kier alpha value is -1.51. The standard InChI is InChI=1S/C20H32N2O/c1-19(2,3)16-12-15(14-21-22-10-8-7-9-11-22)18(23)17(13-16)20(4,5)6/h12-14,23H,7-11H2,1-6H3. The van der Waals surface area contributed by atoms with Crippen LogP contribution in [0.3, 0.4) is 0 Å².